The number of rotatable bonds is 12. The van der Waals surface area contributed by atoms with Gasteiger partial charge in [-0.1, -0.05) is 0 Å². The number of nitrogens with one attached hydrogen (secondary N) is 1. The molecule has 1 atom stereocenters. The highest BCUT2D eigenvalue weighted by molar-refractivity contribution is 5.88. The van der Waals surface area contributed by atoms with Crippen molar-refractivity contribution in [3.8, 4) is 5.75 Å². The Hall–Kier alpha value is -3.60. The minimum atomic E-state index is -1.51. The van der Waals surface area contributed by atoms with Crippen LogP contribution in [0, 0.1) is 22.9 Å². The van der Waals surface area contributed by atoms with Crippen LogP contribution < -0.4 is 15.0 Å². The normalized spacial score (nSPS) is 16.0. The number of methoxy groups -OCH3 is 1. The van der Waals surface area contributed by atoms with Crippen LogP contribution in [0.4, 0.5) is 28.9 Å². The number of halogens is 4. The van der Waals surface area contributed by atoms with Crippen molar-refractivity contribution in [2.75, 3.05) is 57.6 Å². The summed E-state index contributed by atoms with van der Waals surface area (Å²) in [6.45, 7) is 2.13. The Kier molecular flexibility index (Phi) is 9.57. The number of anilines is 2. The Morgan fingerprint density at radius 1 is 1.17 bits per heavy atom. The molecule has 11 heteroatoms. The number of aromatic nitrogens is 1. The first-order chi connectivity index (χ1) is 19.5. The molecule has 1 aliphatic heterocycles. The van der Waals surface area contributed by atoms with Crippen molar-refractivity contribution in [2.45, 2.75) is 38.3 Å². The van der Waals surface area contributed by atoms with E-state index in [9.17, 15) is 23.1 Å². The Bertz CT molecular complexity index is 1360. The Balaban J connectivity index is 1.42. The summed E-state index contributed by atoms with van der Waals surface area (Å²) < 4.78 is 61.6. The fourth-order valence-electron chi connectivity index (χ4n) is 5.67. The number of fused-ring (bicyclic) bond motifs is 1. The lowest BCUT2D eigenvalue weighted by atomic mass is 9.71. The number of pyridine rings is 1. The van der Waals surface area contributed by atoms with E-state index < -0.39 is 35.0 Å². The zero-order chi connectivity index (χ0) is 29.7. The van der Waals surface area contributed by atoms with Crippen LogP contribution >= 0.6 is 0 Å². The van der Waals surface area contributed by atoms with Crippen LogP contribution in [0.15, 0.2) is 36.5 Å². The second-order valence-corrected chi connectivity index (χ2v) is 10.9. The zero-order valence-electron chi connectivity index (χ0n) is 23.5. The van der Waals surface area contributed by atoms with E-state index in [2.05, 4.69) is 15.2 Å². The first kappa shape index (κ1) is 30.4. The number of benzene rings is 2. The van der Waals surface area contributed by atoms with Gasteiger partial charge in [0.1, 0.15) is 11.9 Å². The number of nitrogens with zero attached hydrogens (tertiary/aromatic N) is 3. The summed E-state index contributed by atoms with van der Waals surface area (Å²) in [6.07, 6.45) is 1.99. The number of carboxylic acid groups (broad SMARTS) is 1. The molecule has 0 amide bonds. The molecule has 0 spiro atoms. The molecule has 1 aliphatic rings. The number of piperidine rings is 1. The van der Waals surface area contributed by atoms with E-state index in [-0.39, 0.29) is 18.5 Å². The van der Waals surface area contributed by atoms with Gasteiger partial charge < -0.3 is 25.0 Å². The molecule has 0 radical (unpaired) electrons. The van der Waals surface area contributed by atoms with Gasteiger partial charge in [0, 0.05) is 56.0 Å². The maximum Gasteiger partial charge on any atom is 0.303 e. The second kappa shape index (κ2) is 12.9. The van der Waals surface area contributed by atoms with Crippen molar-refractivity contribution in [3.05, 3.63) is 59.5 Å². The lowest BCUT2D eigenvalue weighted by Gasteiger charge is -2.41. The van der Waals surface area contributed by atoms with Crippen molar-refractivity contribution in [1.29, 1.82) is 0 Å². The van der Waals surface area contributed by atoms with Crippen LogP contribution in [0.2, 0.25) is 0 Å². The van der Waals surface area contributed by atoms with Gasteiger partial charge >= 0.3 is 5.97 Å². The Morgan fingerprint density at radius 3 is 2.46 bits per heavy atom. The molecular weight excluding hydrogens is 540 g/mol. The smallest absolute Gasteiger partial charge is 0.303 e. The summed E-state index contributed by atoms with van der Waals surface area (Å²) in [5, 5.41) is 13.3. The highest BCUT2D eigenvalue weighted by Crippen LogP contribution is 2.44. The fraction of sp³-hybridized carbons (Fsp3) is 0.467. The predicted octanol–water partition coefficient (Wildman–Crippen LogP) is 6.19. The van der Waals surface area contributed by atoms with Crippen LogP contribution in [-0.4, -0.2) is 68.3 Å². The molecule has 4 rings (SSSR count). The molecule has 0 saturated carbocycles. The molecule has 0 bridgehead atoms. The first-order valence-corrected chi connectivity index (χ1v) is 13.6. The van der Waals surface area contributed by atoms with Gasteiger partial charge in [-0.2, -0.15) is 0 Å². The van der Waals surface area contributed by atoms with E-state index in [4.69, 9.17) is 4.74 Å². The van der Waals surface area contributed by atoms with Crippen molar-refractivity contribution < 1.29 is 32.2 Å². The molecule has 1 fully saturated rings. The SMILES string of the molecule is COc1ccc2ncc(N(C)C)c(C(F)CCC3(CC(=O)O)CCN(CCNc4cc(F)c(F)c(F)c4)CC3)c2c1. The molecule has 1 unspecified atom stereocenters. The minimum absolute atomic E-state index is 0.0502. The van der Waals surface area contributed by atoms with Gasteiger partial charge in [-0.25, -0.2) is 17.6 Å². The van der Waals surface area contributed by atoms with E-state index in [1.54, 1.807) is 31.5 Å². The second-order valence-electron chi connectivity index (χ2n) is 10.9. The third-order valence-electron chi connectivity index (χ3n) is 8.00. The third kappa shape index (κ3) is 7.19. The van der Waals surface area contributed by atoms with Gasteiger partial charge in [-0.15, -0.1) is 0 Å². The number of alkyl halides is 1. The number of likely N-dealkylation sites (tertiary alicyclic amines) is 1. The number of carbonyl (C=O) groups is 1. The van der Waals surface area contributed by atoms with Crippen LogP contribution in [0.1, 0.15) is 43.8 Å². The number of hydrogen-bond donors (Lipinski definition) is 2. The quantitative estimate of drug-likeness (QED) is 0.197. The average molecular weight is 577 g/mol. The average Bonchev–Trinajstić information content (AvgIpc) is 2.94. The molecule has 2 aromatic carbocycles. The standard InChI is InChI=1S/C30H36F4N4O3/c1-37(2)26-18-36-25-5-4-20(41-3)16-21(25)28(26)22(31)6-7-30(17-27(39)40)8-11-38(12-9-30)13-10-35-19-14-23(32)29(34)24(33)15-19/h4-5,14-16,18,22,35H,6-13,17H2,1-3H3,(H,39,40). The molecule has 222 valence electrons. The highest BCUT2D eigenvalue weighted by atomic mass is 19.2. The maximum atomic E-state index is 16.1. The molecular formula is C30H36F4N4O3. The highest BCUT2D eigenvalue weighted by Gasteiger charge is 2.37. The van der Waals surface area contributed by atoms with Crippen molar-refractivity contribution in [2.24, 2.45) is 5.41 Å². The summed E-state index contributed by atoms with van der Waals surface area (Å²) in [6, 6.07) is 7.17. The molecule has 2 heterocycles. The van der Waals surface area contributed by atoms with Gasteiger partial charge in [0.05, 0.1) is 30.9 Å². The molecule has 0 aliphatic carbocycles. The number of aliphatic carboxylic acids is 1. The van der Waals surface area contributed by atoms with Gasteiger partial charge in [0.15, 0.2) is 17.5 Å². The molecule has 3 aromatic rings. The van der Waals surface area contributed by atoms with Gasteiger partial charge in [0.25, 0.3) is 0 Å². The van der Waals surface area contributed by atoms with Crippen LogP contribution in [-0.2, 0) is 4.79 Å². The number of ether oxygens (including phenoxy) is 1. The van der Waals surface area contributed by atoms with Gasteiger partial charge in [-0.05, 0) is 62.4 Å². The van der Waals surface area contributed by atoms with Crippen LogP contribution in [0.25, 0.3) is 10.9 Å². The largest absolute Gasteiger partial charge is 0.497 e. The van der Waals surface area contributed by atoms with E-state index in [0.29, 0.717) is 73.3 Å². The van der Waals surface area contributed by atoms with Gasteiger partial charge in [-0.3, -0.25) is 9.78 Å². The minimum Gasteiger partial charge on any atom is -0.497 e. The summed E-state index contributed by atoms with van der Waals surface area (Å²) in [4.78, 5) is 20.3. The van der Waals surface area contributed by atoms with E-state index in [1.165, 1.54) is 0 Å². The molecule has 1 saturated heterocycles. The molecule has 7 nitrogen and oxygen atoms in total. The molecule has 1 aromatic heterocycles. The number of hydrogen-bond acceptors (Lipinski definition) is 6. The van der Waals surface area contributed by atoms with E-state index in [1.807, 2.05) is 19.0 Å². The Labute approximate surface area is 237 Å². The van der Waals surface area contributed by atoms with E-state index >= 15 is 4.39 Å². The predicted molar refractivity (Wildman–Crippen MR) is 151 cm³/mol. The lowest BCUT2D eigenvalue weighted by Crippen LogP contribution is -2.43. The van der Waals surface area contributed by atoms with Crippen molar-refractivity contribution in [3.63, 3.8) is 0 Å². The topological polar surface area (TPSA) is 77.9 Å². The molecule has 41 heavy (non-hydrogen) atoms. The van der Waals surface area contributed by atoms with Crippen LogP contribution in [0.3, 0.4) is 0 Å². The van der Waals surface area contributed by atoms with Gasteiger partial charge in [0.2, 0.25) is 0 Å². The van der Waals surface area contributed by atoms with E-state index in [0.717, 1.165) is 12.1 Å². The van der Waals surface area contributed by atoms with Crippen LogP contribution in [0.5, 0.6) is 5.75 Å². The van der Waals surface area contributed by atoms with Crippen molar-refractivity contribution in [1.82, 2.24) is 9.88 Å². The molecule has 2 N–H and O–H groups in total. The third-order valence-corrected chi connectivity index (χ3v) is 8.00. The maximum absolute atomic E-state index is 16.1. The summed E-state index contributed by atoms with van der Waals surface area (Å²) in [5.41, 5.74) is 1.42. The summed E-state index contributed by atoms with van der Waals surface area (Å²) >= 11 is 0. The summed E-state index contributed by atoms with van der Waals surface area (Å²) in [7, 11) is 5.22. The fourth-order valence-corrected chi connectivity index (χ4v) is 5.67. The summed E-state index contributed by atoms with van der Waals surface area (Å²) in [5.74, 6) is -4.34. The first-order valence-electron chi connectivity index (χ1n) is 13.6. The monoisotopic (exact) mass is 576 g/mol. The lowest BCUT2D eigenvalue weighted by molar-refractivity contribution is -0.141. The van der Waals surface area contributed by atoms with Crippen molar-refractivity contribution >= 4 is 28.2 Å². The number of carboxylic acids is 1. The Morgan fingerprint density at radius 2 is 1.85 bits per heavy atom. The zero-order valence-corrected chi connectivity index (χ0v) is 23.5.